The average molecular weight is 467 g/mol. The van der Waals surface area contributed by atoms with Gasteiger partial charge in [-0.2, -0.15) is 15.1 Å². The Morgan fingerprint density at radius 1 is 1.30 bits per heavy atom. The van der Waals surface area contributed by atoms with E-state index in [1.165, 1.54) is 11.3 Å². The molecule has 3 aromatic rings. The molecule has 1 unspecified atom stereocenters. The summed E-state index contributed by atoms with van der Waals surface area (Å²) in [5, 5.41) is 11.0. The Morgan fingerprint density at radius 2 is 2.18 bits per heavy atom. The van der Waals surface area contributed by atoms with Gasteiger partial charge < -0.3 is 20.3 Å². The number of thiazole rings is 1. The van der Waals surface area contributed by atoms with E-state index in [1.807, 2.05) is 31.2 Å². The molecule has 5 rings (SSSR count). The minimum atomic E-state index is -0.174. The molecule has 0 bridgehead atoms. The molecule has 0 saturated carbocycles. The van der Waals surface area contributed by atoms with E-state index in [0.29, 0.717) is 53.4 Å². The molecule has 172 valence electrons. The molecule has 2 saturated heterocycles. The van der Waals surface area contributed by atoms with Gasteiger partial charge in [-0.3, -0.25) is 4.79 Å². The minimum absolute atomic E-state index is 0.127. The SMILES string of the molecule is Cc1cccc(/C=N/Nc2nc(N3CCOCC3)c3nc(C(=O)NC4CCNC4)sc3n2)c1. The summed E-state index contributed by atoms with van der Waals surface area (Å²) in [6.45, 7) is 6.36. The highest BCUT2D eigenvalue weighted by atomic mass is 32.1. The number of rotatable bonds is 6. The number of hydrogen-bond acceptors (Lipinski definition) is 10. The van der Waals surface area contributed by atoms with Gasteiger partial charge in [0.2, 0.25) is 5.95 Å². The van der Waals surface area contributed by atoms with Gasteiger partial charge in [0.15, 0.2) is 15.7 Å². The molecule has 4 heterocycles. The fraction of sp³-hybridized carbons (Fsp3) is 0.409. The number of carbonyl (C=O) groups is 1. The Morgan fingerprint density at radius 3 is 2.97 bits per heavy atom. The first kappa shape index (κ1) is 21.7. The molecule has 1 aromatic carbocycles. The number of anilines is 2. The van der Waals surface area contributed by atoms with E-state index in [-0.39, 0.29) is 11.9 Å². The quantitative estimate of drug-likeness (QED) is 0.372. The van der Waals surface area contributed by atoms with Crippen molar-refractivity contribution in [1.29, 1.82) is 0 Å². The number of benzene rings is 1. The van der Waals surface area contributed by atoms with Crippen LogP contribution in [0.25, 0.3) is 10.3 Å². The van der Waals surface area contributed by atoms with Crippen LogP contribution in [0.15, 0.2) is 29.4 Å². The molecular weight excluding hydrogens is 440 g/mol. The highest BCUT2D eigenvalue weighted by Gasteiger charge is 2.24. The third-order valence-electron chi connectivity index (χ3n) is 5.56. The predicted octanol–water partition coefficient (Wildman–Crippen LogP) is 1.77. The summed E-state index contributed by atoms with van der Waals surface area (Å²) in [5.41, 5.74) is 5.71. The zero-order chi connectivity index (χ0) is 22.6. The van der Waals surface area contributed by atoms with Crippen molar-refractivity contribution in [3.05, 3.63) is 40.4 Å². The van der Waals surface area contributed by atoms with Crippen LogP contribution in [0.5, 0.6) is 0 Å². The molecule has 3 N–H and O–H groups in total. The lowest BCUT2D eigenvalue weighted by atomic mass is 10.2. The van der Waals surface area contributed by atoms with Gasteiger partial charge >= 0.3 is 0 Å². The Kier molecular flexibility index (Phi) is 6.42. The van der Waals surface area contributed by atoms with Crippen LogP contribution in [-0.4, -0.2) is 72.5 Å². The monoisotopic (exact) mass is 466 g/mol. The second-order valence-corrected chi connectivity index (χ2v) is 9.07. The van der Waals surface area contributed by atoms with E-state index in [0.717, 1.165) is 30.6 Å². The summed E-state index contributed by atoms with van der Waals surface area (Å²) in [7, 11) is 0. The Balaban J connectivity index is 1.43. The maximum atomic E-state index is 12.8. The van der Waals surface area contributed by atoms with Gasteiger partial charge in [0.1, 0.15) is 5.52 Å². The van der Waals surface area contributed by atoms with Crippen molar-refractivity contribution >= 4 is 45.6 Å². The Labute approximate surface area is 195 Å². The van der Waals surface area contributed by atoms with E-state index in [1.54, 1.807) is 6.21 Å². The number of aromatic nitrogens is 3. The molecule has 0 radical (unpaired) electrons. The number of aryl methyl sites for hydroxylation is 1. The van der Waals surface area contributed by atoms with Crippen LogP contribution in [0.4, 0.5) is 11.8 Å². The number of fused-ring (bicyclic) bond motifs is 1. The predicted molar refractivity (Wildman–Crippen MR) is 129 cm³/mol. The second kappa shape index (κ2) is 9.77. The van der Waals surface area contributed by atoms with Crippen LogP contribution in [-0.2, 0) is 4.74 Å². The minimum Gasteiger partial charge on any atom is -0.378 e. The molecule has 11 heteroatoms. The Hall–Kier alpha value is -3.15. The van der Waals surface area contributed by atoms with E-state index in [4.69, 9.17) is 4.74 Å². The van der Waals surface area contributed by atoms with Crippen molar-refractivity contribution in [2.75, 3.05) is 49.7 Å². The lowest BCUT2D eigenvalue weighted by Crippen LogP contribution is -2.37. The van der Waals surface area contributed by atoms with Crippen molar-refractivity contribution in [1.82, 2.24) is 25.6 Å². The van der Waals surface area contributed by atoms with Crippen LogP contribution in [0.3, 0.4) is 0 Å². The van der Waals surface area contributed by atoms with E-state index >= 15 is 0 Å². The average Bonchev–Trinajstić information content (AvgIpc) is 3.49. The van der Waals surface area contributed by atoms with Crippen molar-refractivity contribution in [2.24, 2.45) is 5.10 Å². The summed E-state index contributed by atoms with van der Waals surface area (Å²) in [6, 6.07) is 8.18. The van der Waals surface area contributed by atoms with Gasteiger partial charge in [-0.15, -0.1) is 0 Å². The molecule has 33 heavy (non-hydrogen) atoms. The van der Waals surface area contributed by atoms with Crippen LogP contribution in [0, 0.1) is 6.92 Å². The first-order valence-corrected chi connectivity index (χ1v) is 11.9. The van der Waals surface area contributed by atoms with Gasteiger partial charge in [-0.1, -0.05) is 41.2 Å². The maximum absolute atomic E-state index is 12.8. The summed E-state index contributed by atoms with van der Waals surface area (Å²) in [4.78, 5) is 29.4. The zero-order valence-electron chi connectivity index (χ0n) is 18.4. The molecule has 1 atom stereocenters. The van der Waals surface area contributed by atoms with E-state index in [2.05, 4.69) is 41.0 Å². The normalized spacial score (nSPS) is 18.8. The molecular formula is C22H26N8O2S. The third kappa shape index (κ3) is 5.10. The Bertz CT molecular complexity index is 1170. The number of morpholine rings is 1. The topological polar surface area (TPSA) is 117 Å². The van der Waals surface area contributed by atoms with E-state index < -0.39 is 0 Å². The third-order valence-corrected chi connectivity index (χ3v) is 6.51. The maximum Gasteiger partial charge on any atom is 0.280 e. The molecule has 2 aliphatic rings. The summed E-state index contributed by atoms with van der Waals surface area (Å²) in [6.07, 6.45) is 2.65. The second-order valence-electron chi connectivity index (χ2n) is 8.09. The number of hydrogen-bond donors (Lipinski definition) is 3. The van der Waals surface area contributed by atoms with Crippen molar-refractivity contribution in [2.45, 2.75) is 19.4 Å². The molecule has 2 fully saturated rings. The highest BCUT2D eigenvalue weighted by molar-refractivity contribution is 7.20. The molecule has 0 aliphatic carbocycles. The van der Waals surface area contributed by atoms with Crippen LogP contribution < -0.4 is 21.0 Å². The van der Waals surface area contributed by atoms with Gasteiger partial charge in [-0.05, 0) is 25.5 Å². The van der Waals surface area contributed by atoms with Crippen LogP contribution >= 0.6 is 11.3 Å². The van der Waals surface area contributed by atoms with Crippen molar-refractivity contribution < 1.29 is 9.53 Å². The van der Waals surface area contributed by atoms with Gasteiger partial charge in [0, 0.05) is 25.7 Å². The lowest BCUT2D eigenvalue weighted by molar-refractivity contribution is 0.0940. The molecule has 0 spiro atoms. The summed E-state index contributed by atoms with van der Waals surface area (Å²) >= 11 is 1.27. The number of hydrazone groups is 1. The van der Waals surface area contributed by atoms with Crippen molar-refractivity contribution in [3.8, 4) is 0 Å². The van der Waals surface area contributed by atoms with Gasteiger partial charge in [0.05, 0.1) is 19.4 Å². The number of amides is 1. The lowest BCUT2D eigenvalue weighted by Gasteiger charge is -2.27. The molecule has 2 aromatic heterocycles. The standard InChI is InChI=1S/C22H26N8O2S/c1-14-3-2-4-15(11-14)12-24-29-22-27-18(30-7-9-32-10-8-30)17-20(28-22)33-21(26-17)19(31)25-16-5-6-23-13-16/h2-4,11-12,16,23H,5-10,13H2,1H3,(H,25,31)(H,27,28,29)/b24-12+. The first-order chi connectivity index (χ1) is 16.2. The van der Waals surface area contributed by atoms with Gasteiger partial charge in [-0.25, -0.2) is 10.4 Å². The number of nitrogens with one attached hydrogen (secondary N) is 3. The molecule has 10 nitrogen and oxygen atoms in total. The first-order valence-electron chi connectivity index (χ1n) is 11.0. The number of carbonyl (C=O) groups excluding carboxylic acids is 1. The van der Waals surface area contributed by atoms with Crippen molar-refractivity contribution in [3.63, 3.8) is 0 Å². The zero-order valence-corrected chi connectivity index (χ0v) is 19.2. The molecule has 1 amide bonds. The summed E-state index contributed by atoms with van der Waals surface area (Å²) in [5.74, 6) is 0.879. The fourth-order valence-corrected chi connectivity index (χ4v) is 4.73. The highest BCUT2D eigenvalue weighted by Crippen LogP contribution is 2.30. The summed E-state index contributed by atoms with van der Waals surface area (Å²) < 4.78 is 5.49. The number of nitrogens with zero attached hydrogens (tertiary/aromatic N) is 5. The van der Waals surface area contributed by atoms with Crippen LogP contribution in [0.2, 0.25) is 0 Å². The van der Waals surface area contributed by atoms with Gasteiger partial charge in [0.25, 0.3) is 5.91 Å². The fourth-order valence-electron chi connectivity index (χ4n) is 3.89. The number of ether oxygens (including phenoxy) is 1. The molecule has 2 aliphatic heterocycles. The smallest absolute Gasteiger partial charge is 0.280 e. The largest absolute Gasteiger partial charge is 0.378 e. The van der Waals surface area contributed by atoms with E-state index in [9.17, 15) is 4.79 Å². The van der Waals surface area contributed by atoms with Crippen LogP contribution in [0.1, 0.15) is 27.3 Å².